The van der Waals surface area contributed by atoms with Crippen LogP contribution in [0, 0.1) is 11.3 Å². The normalized spacial score (nSPS) is 18.1. The highest BCUT2D eigenvalue weighted by molar-refractivity contribution is 6.32. The number of ether oxygens (including phenoxy) is 1. The molecule has 6 nitrogen and oxygen atoms in total. The minimum atomic E-state index is 0.117. The molecule has 0 bridgehead atoms. The summed E-state index contributed by atoms with van der Waals surface area (Å²) in [6, 6.07) is 9.23. The van der Waals surface area contributed by atoms with Gasteiger partial charge >= 0.3 is 0 Å². The summed E-state index contributed by atoms with van der Waals surface area (Å²) < 4.78 is 5.84. The number of carbonyl (C=O) groups excluding carboxylic acids is 1. The van der Waals surface area contributed by atoms with E-state index in [1.807, 2.05) is 23.1 Å². The predicted molar refractivity (Wildman–Crippen MR) is 125 cm³/mol. The van der Waals surface area contributed by atoms with E-state index in [0.717, 1.165) is 25.3 Å². The second-order valence-electron chi connectivity index (χ2n) is 9.70. The van der Waals surface area contributed by atoms with Crippen molar-refractivity contribution in [2.24, 2.45) is 11.3 Å². The standard InChI is InChI=1S/C24H33ClN4O2/c1-17(14-24(3,4)5)12-23(30)29-11-10-28(15-18(29)2)21-13-22(27-16-26-21)31-20-9-7-6-8-19(20)25/h6-9,13,16-18H,10-12,14-15H2,1-5H3/t17-,18-/m1/s1. The van der Waals surface area contributed by atoms with Gasteiger partial charge in [0.1, 0.15) is 17.9 Å². The second kappa shape index (κ2) is 9.86. The van der Waals surface area contributed by atoms with E-state index in [0.29, 0.717) is 35.5 Å². The summed E-state index contributed by atoms with van der Waals surface area (Å²) in [5.41, 5.74) is 0.237. The number of carbonyl (C=O) groups is 1. The van der Waals surface area contributed by atoms with E-state index in [9.17, 15) is 4.79 Å². The summed E-state index contributed by atoms with van der Waals surface area (Å²) in [6.07, 6.45) is 3.14. The van der Waals surface area contributed by atoms with Gasteiger partial charge in [0.15, 0.2) is 0 Å². The molecule has 0 N–H and O–H groups in total. The Morgan fingerprint density at radius 2 is 2.00 bits per heavy atom. The molecular weight excluding hydrogens is 412 g/mol. The van der Waals surface area contributed by atoms with Crippen LogP contribution in [0.1, 0.15) is 47.5 Å². The molecule has 1 aliphatic heterocycles. The van der Waals surface area contributed by atoms with Crippen molar-refractivity contribution in [2.45, 2.75) is 53.5 Å². The van der Waals surface area contributed by atoms with Crippen LogP contribution >= 0.6 is 11.6 Å². The van der Waals surface area contributed by atoms with Crippen LogP contribution in [0.25, 0.3) is 0 Å². The van der Waals surface area contributed by atoms with Gasteiger partial charge in [-0.3, -0.25) is 4.79 Å². The third kappa shape index (κ3) is 6.57. The van der Waals surface area contributed by atoms with Crippen molar-refractivity contribution in [3.63, 3.8) is 0 Å². The van der Waals surface area contributed by atoms with Gasteiger partial charge in [-0.05, 0) is 36.8 Å². The van der Waals surface area contributed by atoms with Crippen molar-refractivity contribution in [1.82, 2.24) is 14.9 Å². The number of nitrogens with zero attached hydrogens (tertiary/aromatic N) is 4. The largest absolute Gasteiger partial charge is 0.437 e. The monoisotopic (exact) mass is 444 g/mol. The third-order valence-corrected chi connectivity index (χ3v) is 5.75. The molecule has 0 radical (unpaired) electrons. The number of amides is 1. The average Bonchev–Trinajstić information content (AvgIpc) is 2.68. The first-order valence-electron chi connectivity index (χ1n) is 10.9. The summed E-state index contributed by atoms with van der Waals surface area (Å²) in [7, 11) is 0. The van der Waals surface area contributed by atoms with Gasteiger partial charge in [0.2, 0.25) is 11.8 Å². The molecule has 168 valence electrons. The number of para-hydroxylation sites is 1. The van der Waals surface area contributed by atoms with Gasteiger partial charge in [0.25, 0.3) is 0 Å². The number of piperazine rings is 1. The van der Waals surface area contributed by atoms with Crippen molar-refractivity contribution >= 4 is 23.3 Å². The topological polar surface area (TPSA) is 58.6 Å². The number of halogens is 1. The Balaban J connectivity index is 1.60. The molecule has 1 amide bonds. The van der Waals surface area contributed by atoms with Crippen LogP contribution in [-0.4, -0.2) is 46.5 Å². The summed E-state index contributed by atoms with van der Waals surface area (Å²) in [6.45, 7) is 13.1. The highest BCUT2D eigenvalue weighted by Gasteiger charge is 2.29. The Hall–Kier alpha value is -2.34. The van der Waals surface area contributed by atoms with Gasteiger partial charge < -0.3 is 14.5 Å². The van der Waals surface area contributed by atoms with Crippen LogP contribution in [0.15, 0.2) is 36.7 Å². The zero-order valence-corrected chi connectivity index (χ0v) is 19.9. The molecule has 7 heteroatoms. The van der Waals surface area contributed by atoms with Gasteiger partial charge in [-0.2, -0.15) is 0 Å². The van der Waals surface area contributed by atoms with E-state index >= 15 is 0 Å². The van der Waals surface area contributed by atoms with Crippen LogP contribution in [0.5, 0.6) is 11.6 Å². The Morgan fingerprint density at radius 1 is 1.26 bits per heavy atom. The second-order valence-corrected chi connectivity index (χ2v) is 10.1. The van der Waals surface area contributed by atoms with E-state index in [-0.39, 0.29) is 17.4 Å². The first-order chi connectivity index (χ1) is 14.6. The van der Waals surface area contributed by atoms with E-state index in [4.69, 9.17) is 16.3 Å². The number of rotatable bonds is 6. The molecule has 2 atom stereocenters. The third-order valence-electron chi connectivity index (χ3n) is 5.43. The molecule has 0 unspecified atom stereocenters. The molecule has 0 spiro atoms. The molecule has 0 aliphatic carbocycles. The number of hydrogen-bond acceptors (Lipinski definition) is 5. The molecule has 31 heavy (non-hydrogen) atoms. The Labute approximate surface area is 190 Å². The lowest BCUT2D eigenvalue weighted by atomic mass is 9.84. The average molecular weight is 445 g/mol. The maximum absolute atomic E-state index is 12.9. The molecule has 3 rings (SSSR count). The van der Waals surface area contributed by atoms with Gasteiger partial charge in [-0.15, -0.1) is 0 Å². The Kier molecular flexibility index (Phi) is 7.42. The maximum Gasteiger partial charge on any atom is 0.224 e. The van der Waals surface area contributed by atoms with E-state index in [1.165, 1.54) is 6.33 Å². The molecular formula is C24H33ClN4O2. The quantitative estimate of drug-likeness (QED) is 0.595. The van der Waals surface area contributed by atoms with E-state index in [2.05, 4.69) is 49.5 Å². The number of anilines is 1. The fraction of sp³-hybridized carbons (Fsp3) is 0.542. The van der Waals surface area contributed by atoms with Gasteiger partial charge in [0.05, 0.1) is 5.02 Å². The van der Waals surface area contributed by atoms with Crippen molar-refractivity contribution in [3.05, 3.63) is 41.7 Å². The molecule has 2 aromatic rings. The summed E-state index contributed by atoms with van der Waals surface area (Å²) in [5, 5.41) is 0.532. The Bertz CT molecular complexity index is 899. The molecule has 0 saturated carbocycles. The lowest BCUT2D eigenvalue weighted by Gasteiger charge is -2.41. The maximum atomic E-state index is 12.9. The zero-order chi connectivity index (χ0) is 22.6. The fourth-order valence-electron chi connectivity index (χ4n) is 4.27. The number of aromatic nitrogens is 2. The summed E-state index contributed by atoms with van der Waals surface area (Å²) in [5.74, 6) is 2.41. The molecule has 1 aromatic carbocycles. The first-order valence-corrected chi connectivity index (χ1v) is 11.3. The van der Waals surface area contributed by atoms with Crippen LogP contribution in [0.3, 0.4) is 0 Å². The van der Waals surface area contributed by atoms with Crippen LogP contribution in [0.4, 0.5) is 5.82 Å². The lowest BCUT2D eigenvalue weighted by Crippen LogP contribution is -2.54. The first kappa shape index (κ1) is 23.3. The minimum absolute atomic E-state index is 0.117. The minimum Gasteiger partial charge on any atom is -0.437 e. The molecule has 2 heterocycles. The van der Waals surface area contributed by atoms with Crippen LogP contribution in [0.2, 0.25) is 5.02 Å². The van der Waals surface area contributed by atoms with Gasteiger partial charge in [0, 0.05) is 38.2 Å². The van der Waals surface area contributed by atoms with Crippen molar-refractivity contribution in [1.29, 1.82) is 0 Å². The SMILES string of the molecule is C[C@H](CC(=O)N1CCN(c2cc(Oc3ccccc3Cl)ncn2)C[C@H]1C)CC(C)(C)C. The zero-order valence-electron chi connectivity index (χ0n) is 19.1. The number of hydrogen-bond donors (Lipinski definition) is 0. The van der Waals surface area contributed by atoms with E-state index < -0.39 is 0 Å². The van der Waals surface area contributed by atoms with Crippen molar-refractivity contribution in [2.75, 3.05) is 24.5 Å². The molecule has 1 aliphatic rings. The molecule has 1 saturated heterocycles. The van der Waals surface area contributed by atoms with E-state index in [1.54, 1.807) is 12.1 Å². The fourth-order valence-corrected chi connectivity index (χ4v) is 4.44. The Morgan fingerprint density at radius 3 is 2.68 bits per heavy atom. The van der Waals surface area contributed by atoms with Gasteiger partial charge in [-0.25, -0.2) is 9.97 Å². The summed E-state index contributed by atoms with van der Waals surface area (Å²) >= 11 is 6.18. The number of benzene rings is 1. The smallest absolute Gasteiger partial charge is 0.224 e. The highest BCUT2D eigenvalue weighted by atomic mass is 35.5. The van der Waals surface area contributed by atoms with Crippen molar-refractivity contribution in [3.8, 4) is 11.6 Å². The molecule has 1 aromatic heterocycles. The van der Waals surface area contributed by atoms with Crippen molar-refractivity contribution < 1.29 is 9.53 Å². The predicted octanol–water partition coefficient (Wildman–Crippen LogP) is 5.42. The van der Waals surface area contributed by atoms with Crippen LogP contribution in [-0.2, 0) is 4.79 Å². The molecule has 1 fully saturated rings. The summed E-state index contributed by atoms with van der Waals surface area (Å²) in [4.78, 5) is 25.7. The lowest BCUT2D eigenvalue weighted by molar-refractivity contribution is -0.134. The van der Waals surface area contributed by atoms with Gasteiger partial charge in [-0.1, -0.05) is 51.4 Å². The van der Waals surface area contributed by atoms with Crippen LogP contribution < -0.4 is 9.64 Å². The highest BCUT2D eigenvalue weighted by Crippen LogP contribution is 2.30.